The van der Waals surface area contributed by atoms with Crippen LogP contribution in [0.25, 0.3) is 10.4 Å². The lowest BCUT2D eigenvalue weighted by molar-refractivity contribution is 0.204. The molecule has 2 saturated heterocycles. The van der Waals surface area contributed by atoms with Crippen LogP contribution < -0.4 is 10.6 Å². The van der Waals surface area contributed by atoms with Crippen LogP contribution in [0.15, 0.2) is 36.4 Å². The standard InChI is InChI=1S/C22H30N4OS/c1-25-11-5-6-17(16-25)14-19-15-20(24-22(27)26-12-9-23-10-13-26)28-21(19)18-7-3-2-4-8-18/h2-4,7-8,15,17,23H,5-6,9-14,16H2,1H3,(H,24,27). The van der Waals surface area contributed by atoms with Gasteiger partial charge in [0.1, 0.15) is 0 Å². The summed E-state index contributed by atoms with van der Waals surface area (Å²) in [7, 11) is 2.22. The fourth-order valence-corrected chi connectivity index (χ4v) is 5.37. The molecule has 0 bridgehead atoms. The first kappa shape index (κ1) is 19.4. The lowest BCUT2D eigenvalue weighted by Gasteiger charge is -2.29. The molecule has 0 spiro atoms. The molecule has 28 heavy (non-hydrogen) atoms. The Bertz CT molecular complexity index is 785. The predicted molar refractivity (Wildman–Crippen MR) is 117 cm³/mol. The molecule has 1 aromatic carbocycles. The summed E-state index contributed by atoms with van der Waals surface area (Å²) in [4.78, 5) is 18.3. The van der Waals surface area contributed by atoms with Gasteiger partial charge in [0.15, 0.2) is 0 Å². The minimum absolute atomic E-state index is 0.0197. The maximum Gasteiger partial charge on any atom is 0.322 e. The van der Waals surface area contributed by atoms with E-state index in [4.69, 9.17) is 0 Å². The smallest absolute Gasteiger partial charge is 0.322 e. The largest absolute Gasteiger partial charge is 0.322 e. The molecule has 2 fully saturated rings. The van der Waals surface area contributed by atoms with Crippen LogP contribution >= 0.6 is 11.3 Å². The van der Waals surface area contributed by atoms with Gasteiger partial charge in [-0.2, -0.15) is 0 Å². The highest BCUT2D eigenvalue weighted by Crippen LogP contribution is 2.38. The van der Waals surface area contributed by atoms with Gasteiger partial charge in [0.05, 0.1) is 5.00 Å². The third-order valence-electron chi connectivity index (χ3n) is 5.71. The van der Waals surface area contributed by atoms with E-state index >= 15 is 0 Å². The number of carbonyl (C=O) groups is 1. The maximum absolute atomic E-state index is 12.6. The van der Waals surface area contributed by atoms with Crippen LogP contribution in [-0.2, 0) is 6.42 Å². The van der Waals surface area contributed by atoms with Crippen molar-refractivity contribution in [2.24, 2.45) is 5.92 Å². The van der Waals surface area contributed by atoms with E-state index < -0.39 is 0 Å². The predicted octanol–water partition coefficient (Wildman–Crippen LogP) is 3.74. The molecule has 2 aromatic rings. The Kier molecular flexibility index (Phi) is 6.29. The Hall–Kier alpha value is -1.89. The average molecular weight is 399 g/mol. The summed E-state index contributed by atoms with van der Waals surface area (Å²) in [6, 6.07) is 12.8. The van der Waals surface area contributed by atoms with E-state index in [1.807, 2.05) is 4.90 Å². The number of piperazine rings is 1. The molecule has 0 aliphatic carbocycles. The van der Waals surface area contributed by atoms with Crippen molar-refractivity contribution in [1.29, 1.82) is 0 Å². The number of nitrogens with zero attached hydrogens (tertiary/aromatic N) is 2. The number of nitrogens with one attached hydrogen (secondary N) is 2. The van der Waals surface area contributed by atoms with E-state index in [9.17, 15) is 4.79 Å². The fourth-order valence-electron chi connectivity index (χ4n) is 4.28. The van der Waals surface area contributed by atoms with Gasteiger partial charge in [0, 0.05) is 37.6 Å². The first-order valence-electron chi connectivity index (χ1n) is 10.3. The van der Waals surface area contributed by atoms with Crippen molar-refractivity contribution in [3.63, 3.8) is 0 Å². The van der Waals surface area contributed by atoms with Gasteiger partial charge in [-0.3, -0.25) is 5.32 Å². The minimum Gasteiger partial charge on any atom is -0.322 e. The first-order valence-corrected chi connectivity index (χ1v) is 11.1. The van der Waals surface area contributed by atoms with Crippen molar-refractivity contribution in [1.82, 2.24) is 15.1 Å². The molecule has 4 rings (SSSR count). The van der Waals surface area contributed by atoms with Gasteiger partial charge < -0.3 is 15.1 Å². The van der Waals surface area contributed by atoms with Crippen LogP contribution in [0.5, 0.6) is 0 Å². The fraction of sp³-hybridized carbons (Fsp3) is 0.500. The third kappa shape index (κ3) is 4.74. The number of hydrogen-bond donors (Lipinski definition) is 2. The van der Waals surface area contributed by atoms with Gasteiger partial charge in [-0.25, -0.2) is 4.79 Å². The van der Waals surface area contributed by atoms with Crippen LogP contribution in [0.2, 0.25) is 0 Å². The Morgan fingerprint density at radius 3 is 2.75 bits per heavy atom. The Morgan fingerprint density at radius 2 is 2.00 bits per heavy atom. The van der Waals surface area contributed by atoms with Crippen LogP contribution in [0.4, 0.5) is 9.80 Å². The molecule has 3 heterocycles. The number of anilines is 1. The minimum atomic E-state index is 0.0197. The molecule has 2 N–H and O–H groups in total. The number of hydrogen-bond acceptors (Lipinski definition) is 4. The van der Waals surface area contributed by atoms with E-state index in [1.54, 1.807) is 11.3 Å². The number of carbonyl (C=O) groups excluding carboxylic acids is 1. The summed E-state index contributed by atoms with van der Waals surface area (Å²) in [5.41, 5.74) is 2.61. The zero-order valence-electron chi connectivity index (χ0n) is 16.6. The second-order valence-corrected chi connectivity index (χ2v) is 9.03. The summed E-state index contributed by atoms with van der Waals surface area (Å²) in [5, 5.41) is 7.41. The normalized spacial score (nSPS) is 20.9. The molecule has 1 unspecified atom stereocenters. The first-order chi connectivity index (χ1) is 13.7. The number of likely N-dealkylation sites (tertiary alicyclic amines) is 1. The number of thiophene rings is 1. The molecule has 0 radical (unpaired) electrons. The molecular weight excluding hydrogens is 368 g/mol. The van der Waals surface area contributed by atoms with E-state index in [0.29, 0.717) is 5.92 Å². The second kappa shape index (κ2) is 9.07. The van der Waals surface area contributed by atoms with E-state index in [-0.39, 0.29) is 6.03 Å². The number of amides is 2. The quantitative estimate of drug-likeness (QED) is 0.825. The Balaban J connectivity index is 1.54. The SMILES string of the molecule is CN1CCCC(Cc2cc(NC(=O)N3CCNCC3)sc2-c2ccccc2)C1. The molecular formula is C22H30N4OS. The number of urea groups is 1. The summed E-state index contributed by atoms with van der Waals surface area (Å²) >= 11 is 1.71. The summed E-state index contributed by atoms with van der Waals surface area (Å²) in [6.07, 6.45) is 3.64. The van der Waals surface area contributed by atoms with Crippen molar-refractivity contribution in [3.8, 4) is 10.4 Å². The van der Waals surface area contributed by atoms with Crippen molar-refractivity contribution >= 4 is 22.4 Å². The highest BCUT2D eigenvalue weighted by Gasteiger charge is 2.22. The molecule has 0 saturated carbocycles. The summed E-state index contributed by atoms with van der Waals surface area (Å²) < 4.78 is 0. The van der Waals surface area contributed by atoms with E-state index in [2.05, 4.69) is 59.0 Å². The molecule has 150 valence electrons. The van der Waals surface area contributed by atoms with Gasteiger partial charge in [0.25, 0.3) is 0 Å². The Morgan fingerprint density at radius 1 is 1.21 bits per heavy atom. The highest BCUT2D eigenvalue weighted by atomic mass is 32.1. The second-order valence-electron chi connectivity index (χ2n) is 7.97. The van der Waals surface area contributed by atoms with Crippen LogP contribution in [0.3, 0.4) is 0 Å². The third-order valence-corrected chi connectivity index (χ3v) is 6.85. The van der Waals surface area contributed by atoms with Gasteiger partial charge in [-0.05, 0) is 56.0 Å². The molecule has 2 aliphatic heterocycles. The zero-order chi connectivity index (χ0) is 19.3. The number of rotatable bonds is 4. The highest BCUT2D eigenvalue weighted by molar-refractivity contribution is 7.19. The summed E-state index contributed by atoms with van der Waals surface area (Å²) in [6.45, 7) is 5.64. The lowest BCUT2D eigenvalue weighted by atomic mass is 9.91. The molecule has 6 heteroatoms. The molecule has 1 aromatic heterocycles. The van der Waals surface area contributed by atoms with Gasteiger partial charge >= 0.3 is 6.03 Å². The maximum atomic E-state index is 12.6. The molecule has 2 amide bonds. The monoisotopic (exact) mass is 398 g/mol. The molecule has 1 atom stereocenters. The van der Waals surface area contributed by atoms with Crippen LogP contribution in [-0.4, -0.2) is 62.1 Å². The van der Waals surface area contributed by atoms with Gasteiger partial charge in [0.2, 0.25) is 0 Å². The summed E-state index contributed by atoms with van der Waals surface area (Å²) in [5.74, 6) is 0.688. The van der Waals surface area contributed by atoms with Gasteiger partial charge in [-0.15, -0.1) is 11.3 Å². The average Bonchev–Trinajstić information content (AvgIpc) is 3.11. The Labute approximate surface area is 171 Å². The zero-order valence-corrected chi connectivity index (χ0v) is 17.4. The number of piperidine rings is 1. The molecule has 5 nitrogen and oxygen atoms in total. The van der Waals surface area contributed by atoms with Crippen LogP contribution in [0.1, 0.15) is 18.4 Å². The molecule has 2 aliphatic rings. The topological polar surface area (TPSA) is 47.6 Å². The van der Waals surface area contributed by atoms with Crippen molar-refractivity contribution in [3.05, 3.63) is 42.0 Å². The van der Waals surface area contributed by atoms with Crippen molar-refractivity contribution in [2.75, 3.05) is 51.6 Å². The van der Waals surface area contributed by atoms with Crippen molar-refractivity contribution < 1.29 is 4.79 Å². The van der Waals surface area contributed by atoms with E-state index in [1.165, 1.54) is 35.4 Å². The number of benzene rings is 1. The van der Waals surface area contributed by atoms with Gasteiger partial charge in [-0.1, -0.05) is 30.3 Å². The van der Waals surface area contributed by atoms with Crippen LogP contribution in [0, 0.1) is 5.92 Å². The van der Waals surface area contributed by atoms with Crippen molar-refractivity contribution in [2.45, 2.75) is 19.3 Å². The van der Waals surface area contributed by atoms with E-state index in [0.717, 1.165) is 44.1 Å². The lowest BCUT2D eigenvalue weighted by Crippen LogP contribution is -2.47.